The molecule has 1 N–H and O–H groups in total. The van der Waals surface area contributed by atoms with Crippen molar-refractivity contribution in [3.8, 4) is 10.4 Å². The fourth-order valence-electron chi connectivity index (χ4n) is 2.77. The molecule has 6 heteroatoms. The van der Waals surface area contributed by atoms with Gasteiger partial charge in [0.2, 0.25) is 0 Å². The van der Waals surface area contributed by atoms with Crippen molar-refractivity contribution >= 4 is 28.8 Å². The van der Waals surface area contributed by atoms with Crippen LogP contribution in [0.3, 0.4) is 0 Å². The third-order valence-corrected chi connectivity index (χ3v) is 5.56. The second kappa shape index (κ2) is 9.02. The number of carbonyl (C=O) groups is 1. The molecule has 2 aromatic heterocycles. The van der Waals surface area contributed by atoms with Crippen LogP contribution in [-0.2, 0) is 13.1 Å². The number of halogens is 1. The van der Waals surface area contributed by atoms with E-state index < -0.39 is 0 Å². The number of aryl methyl sites for hydroxylation is 1. The molecule has 0 spiro atoms. The van der Waals surface area contributed by atoms with E-state index in [1.54, 1.807) is 10.6 Å². The first kappa shape index (κ1) is 19.4. The van der Waals surface area contributed by atoms with Gasteiger partial charge in [0.15, 0.2) is 0 Å². The van der Waals surface area contributed by atoms with Crippen LogP contribution in [0.5, 0.6) is 0 Å². The first-order valence-corrected chi connectivity index (χ1v) is 10.1. The van der Waals surface area contributed by atoms with Crippen LogP contribution in [0.2, 0.25) is 5.02 Å². The van der Waals surface area contributed by atoms with Gasteiger partial charge < -0.3 is 9.88 Å². The highest BCUT2D eigenvalue weighted by atomic mass is 35.5. The number of nitrogens with one attached hydrogen (secondary N) is 1. The quantitative estimate of drug-likeness (QED) is 0.609. The summed E-state index contributed by atoms with van der Waals surface area (Å²) in [7, 11) is 0. The van der Waals surface area contributed by atoms with Crippen LogP contribution in [0.4, 0.5) is 0 Å². The molecule has 3 rings (SSSR count). The van der Waals surface area contributed by atoms with Crippen LogP contribution in [0.15, 0.2) is 58.8 Å². The third kappa shape index (κ3) is 4.87. The molecule has 2 heterocycles. The molecule has 0 fully saturated rings. The topological polar surface area (TPSA) is 51.1 Å². The lowest BCUT2D eigenvalue weighted by molar-refractivity contribution is 0.0949. The van der Waals surface area contributed by atoms with E-state index in [0.717, 1.165) is 28.8 Å². The average molecular weight is 401 g/mol. The molecule has 140 valence electrons. The maximum absolute atomic E-state index is 12.8. The van der Waals surface area contributed by atoms with E-state index in [1.807, 2.05) is 48.0 Å². The lowest BCUT2D eigenvalue weighted by Crippen LogP contribution is -2.32. The van der Waals surface area contributed by atoms with E-state index in [-0.39, 0.29) is 17.0 Å². The number of pyridine rings is 1. The largest absolute Gasteiger partial charge is 0.348 e. The molecule has 0 bridgehead atoms. The lowest BCUT2D eigenvalue weighted by Gasteiger charge is -2.11. The van der Waals surface area contributed by atoms with Gasteiger partial charge in [-0.2, -0.15) is 0 Å². The summed E-state index contributed by atoms with van der Waals surface area (Å²) < 4.78 is 1.63. The van der Waals surface area contributed by atoms with E-state index in [9.17, 15) is 9.59 Å². The molecule has 0 saturated heterocycles. The molecule has 1 aromatic carbocycles. The highest BCUT2D eigenvalue weighted by Gasteiger charge is 2.16. The minimum atomic E-state index is -0.362. The van der Waals surface area contributed by atoms with Gasteiger partial charge in [0.25, 0.3) is 11.5 Å². The van der Waals surface area contributed by atoms with Gasteiger partial charge in [-0.3, -0.25) is 9.59 Å². The standard InChI is InChI=1S/C21H21ClN2O2S/c1-2-3-9-24-13-16(19-11-17(22)14-27-19)10-18(21(24)26)20(25)23-12-15-7-5-4-6-8-15/h4-8,10-11,13-14H,2-3,9,12H2,1H3,(H,23,25). The summed E-state index contributed by atoms with van der Waals surface area (Å²) in [6, 6.07) is 13.1. The van der Waals surface area contributed by atoms with E-state index in [1.165, 1.54) is 11.3 Å². The minimum Gasteiger partial charge on any atom is -0.348 e. The fourth-order valence-corrected chi connectivity index (χ4v) is 3.82. The Morgan fingerprint density at radius 3 is 2.67 bits per heavy atom. The number of hydrogen-bond acceptors (Lipinski definition) is 3. The molecule has 1 amide bonds. The van der Waals surface area contributed by atoms with Crippen LogP contribution < -0.4 is 10.9 Å². The predicted octanol–water partition coefficient (Wildman–Crippen LogP) is 4.96. The zero-order chi connectivity index (χ0) is 19.2. The number of rotatable bonds is 7. The van der Waals surface area contributed by atoms with Crippen molar-refractivity contribution in [2.24, 2.45) is 0 Å². The zero-order valence-electron chi connectivity index (χ0n) is 15.1. The summed E-state index contributed by atoms with van der Waals surface area (Å²) in [6.07, 6.45) is 3.66. The van der Waals surface area contributed by atoms with Gasteiger partial charge in [0.1, 0.15) is 5.56 Å². The maximum atomic E-state index is 12.8. The molecule has 0 atom stereocenters. The molecule has 0 radical (unpaired) electrons. The van der Waals surface area contributed by atoms with E-state index >= 15 is 0 Å². The summed E-state index contributed by atoms with van der Waals surface area (Å²) >= 11 is 7.54. The Hall–Kier alpha value is -2.37. The fraction of sp³-hybridized carbons (Fsp3) is 0.238. The molecule has 0 unspecified atom stereocenters. The van der Waals surface area contributed by atoms with Crippen molar-refractivity contribution in [1.82, 2.24) is 9.88 Å². The molecular weight excluding hydrogens is 380 g/mol. The second-order valence-corrected chi connectivity index (χ2v) is 7.64. The Bertz CT molecular complexity index is 979. The lowest BCUT2D eigenvalue weighted by atomic mass is 10.1. The monoisotopic (exact) mass is 400 g/mol. The number of thiophene rings is 1. The summed E-state index contributed by atoms with van der Waals surface area (Å²) in [5.41, 5.74) is 1.70. The zero-order valence-corrected chi connectivity index (χ0v) is 16.6. The summed E-state index contributed by atoms with van der Waals surface area (Å²) in [5.74, 6) is -0.362. The highest BCUT2D eigenvalue weighted by molar-refractivity contribution is 7.14. The van der Waals surface area contributed by atoms with Crippen LogP contribution >= 0.6 is 22.9 Å². The normalized spacial score (nSPS) is 10.7. The van der Waals surface area contributed by atoms with Crippen molar-refractivity contribution < 1.29 is 4.79 Å². The number of amides is 1. The first-order chi connectivity index (χ1) is 13.1. The number of benzene rings is 1. The van der Waals surface area contributed by atoms with Crippen LogP contribution in [-0.4, -0.2) is 10.5 Å². The summed E-state index contributed by atoms with van der Waals surface area (Å²) in [5, 5.41) is 5.34. The van der Waals surface area contributed by atoms with Gasteiger partial charge in [-0.05, 0) is 24.1 Å². The Kier molecular flexibility index (Phi) is 6.48. The van der Waals surface area contributed by atoms with E-state index in [4.69, 9.17) is 11.6 Å². The minimum absolute atomic E-state index is 0.157. The molecule has 3 aromatic rings. The van der Waals surface area contributed by atoms with Crippen molar-refractivity contribution in [3.05, 3.63) is 80.5 Å². The van der Waals surface area contributed by atoms with Gasteiger partial charge in [-0.25, -0.2) is 0 Å². The number of unbranched alkanes of at least 4 members (excludes halogenated alkanes) is 1. The molecule has 0 aliphatic heterocycles. The van der Waals surface area contributed by atoms with E-state index in [0.29, 0.717) is 18.1 Å². The highest BCUT2D eigenvalue weighted by Crippen LogP contribution is 2.29. The summed E-state index contributed by atoms with van der Waals surface area (Å²) in [6.45, 7) is 3.03. The number of aromatic nitrogens is 1. The SMILES string of the molecule is CCCCn1cc(-c2cc(Cl)cs2)cc(C(=O)NCc2ccccc2)c1=O. The van der Waals surface area contributed by atoms with Crippen LogP contribution in [0.25, 0.3) is 10.4 Å². The second-order valence-electron chi connectivity index (χ2n) is 6.29. The molecule has 27 heavy (non-hydrogen) atoms. The van der Waals surface area contributed by atoms with Gasteiger partial charge in [-0.15, -0.1) is 11.3 Å². The van der Waals surface area contributed by atoms with Crippen molar-refractivity contribution in [2.75, 3.05) is 0 Å². The Morgan fingerprint density at radius 2 is 2.00 bits per heavy atom. The molecule has 0 aliphatic carbocycles. The molecule has 4 nitrogen and oxygen atoms in total. The van der Waals surface area contributed by atoms with Gasteiger partial charge >= 0.3 is 0 Å². The predicted molar refractivity (Wildman–Crippen MR) is 112 cm³/mol. The molecule has 0 saturated carbocycles. The number of nitrogens with zero attached hydrogens (tertiary/aromatic N) is 1. The first-order valence-electron chi connectivity index (χ1n) is 8.89. The summed E-state index contributed by atoms with van der Waals surface area (Å²) in [4.78, 5) is 26.4. The van der Waals surface area contributed by atoms with Gasteiger partial charge in [0, 0.05) is 35.1 Å². The maximum Gasteiger partial charge on any atom is 0.263 e. The Balaban J connectivity index is 1.92. The smallest absolute Gasteiger partial charge is 0.263 e. The Labute approximate surface area is 167 Å². The van der Waals surface area contributed by atoms with Crippen molar-refractivity contribution in [2.45, 2.75) is 32.9 Å². The number of hydrogen-bond donors (Lipinski definition) is 1. The molecule has 0 aliphatic rings. The van der Waals surface area contributed by atoms with Crippen molar-refractivity contribution in [3.63, 3.8) is 0 Å². The van der Waals surface area contributed by atoms with Crippen molar-refractivity contribution in [1.29, 1.82) is 0 Å². The van der Waals surface area contributed by atoms with Gasteiger partial charge in [0.05, 0.1) is 5.02 Å². The average Bonchev–Trinajstić information content (AvgIpc) is 3.12. The van der Waals surface area contributed by atoms with Gasteiger partial charge in [-0.1, -0.05) is 55.3 Å². The van der Waals surface area contributed by atoms with Crippen LogP contribution in [0.1, 0.15) is 35.7 Å². The number of carbonyl (C=O) groups excluding carboxylic acids is 1. The third-order valence-electron chi connectivity index (χ3n) is 4.23. The Morgan fingerprint density at radius 1 is 1.22 bits per heavy atom. The van der Waals surface area contributed by atoms with E-state index in [2.05, 4.69) is 12.2 Å². The molecular formula is C21H21ClN2O2S. The van der Waals surface area contributed by atoms with Crippen LogP contribution in [0, 0.1) is 0 Å².